The van der Waals surface area contributed by atoms with Gasteiger partial charge in [0.1, 0.15) is 5.75 Å². The van der Waals surface area contributed by atoms with Crippen molar-refractivity contribution < 1.29 is 14.6 Å². The summed E-state index contributed by atoms with van der Waals surface area (Å²) in [6.07, 6.45) is 0.770. The highest BCUT2D eigenvalue weighted by molar-refractivity contribution is 9.09. The molecule has 0 saturated heterocycles. The second-order valence-electron chi connectivity index (χ2n) is 4.12. The number of hydrogen-bond acceptors (Lipinski definition) is 3. The predicted octanol–water partition coefficient (Wildman–Crippen LogP) is 2.23. The number of phenolic OH excluding ortho intramolecular Hbond substituents is 1. The van der Waals surface area contributed by atoms with Crippen LogP contribution in [0.25, 0.3) is 0 Å². The molecule has 0 fully saturated rings. The summed E-state index contributed by atoms with van der Waals surface area (Å²) in [7, 11) is 1.59. The molecule has 0 saturated carbocycles. The van der Waals surface area contributed by atoms with E-state index < -0.39 is 0 Å². The number of amides is 1. The molecule has 4 nitrogen and oxygen atoms in total. The van der Waals surface area contributed by atoms with Crippen LogP contribution in [-0.2, 0) is 4.74 Å². The maximum atomic E-state index is 12.0. The first-order chi connectivity index (χ1) is 8.58. The molecule has 0 bridgehead atoms. The van der Waals surface area contributed by atoms with Crippen molar-refractivity contribution >= 4 is 21.8 Å². The van der Waals surface area contributed by atoms with Gasteiger partial charge in [-0.3, -0.25) is 4.79 Å². The lowest BCUT2D eigenvalue weighted by atomic mass is 10.1. The highest BCUT2D eigenvalue weighted by atomic mass is 79.9. The molecular weight excluding hydrogens is 298 g/mol. The lowest BCUT2D eigenvalue weighted by Crippen LogP contribution is -2.38. The molecule has 1 unspecified atom stereocenters. The van der Waals surface area contributed by atoms with Gasteiger partial charge in [-0.2, -0.15) is 0 Å². The number of carbonyl (C=O) groups is 1. The zero-order valence-electron chi connectivity index (χ0n) is 10.6. The Balaban J connectivity index is 2.76. The van der Waals surface area contributed by atoms with Gasteiger partial charge in [0.2, 0.25) is 0 Å². The molecule has 100 valence electrons. The van der Waals surface area contributed by atoms with Crippen LogP contribution in [0.5, 0.6) is 5.75 Å². The Labute approximate surface area is 115 Å². The van der Waals surface area contributed by atoms with Crippen molar-refractivity contribution in [1.82, 2.24) is 5.32 Å². The first-order valence-corrected chi connectivity index (χ1v) is 6.86. The average molecular weight is 316 g/mol. The van der Waals surface area contributed by atoms with Gasteiger partial charge in [-0.25, -0.2) is 0 Å². The lowest BCUT2D eigenvalue weighted by Gasteiger charge is -2.17. The number of nitrogens with one attached hydrogen (secondary N) is 1. The molecule has 1 amide bonds. The fourth-order valence-corrected chi connectivity index (χ4v) is 2.18. The number of carbonyl (C=O) groups excluding carboxylic acids is 1. The first-order valence-electron chi connectivity index (χ1n) is 5.74. The van der Waals surface area contributed by atoms with Crippen LogP contribution in [0, 0.1) is 6.92 Å². The molecule has 2 N–H and O–H groups in total. The van der Waals surface area contributed by atoms with Crippen molar-refractivity contribution in [3.8, 4) is 5.75 Å². The second kappa shape index (κ2) is 7.38. The molecule has 0 spiro atoms. The van der Waals surface area contributed by atoms with E-state index in [2.05, 4.69) is 21.2 Å². The zero-order valence-corrected chi connectivity index (χ0v) is 12.2. The smallest absolute Gasteiger partial charge is 0.255 e. The fraction of sp³-hybridized carbons (Fsp3) is 0.462. The van der Waals surface area contributed by atoms with E-state index in [9.17, 15) is 9.90 Å². The van der Waals surface area contributed by atoms with Crippen molar-refractivity contribution in [3.05, 3.63) is 29.3 Å². The van der Waals surface area contributed by atoms with E-state index in [-0.39, 0.29) is 17.7 Å². The fourth-order valence-electron chi connectivity index (χ4n) is 1.62. The summed E-state index contributed by atoms with van der Waals surface area (Å²) in [6, 6.07) is 4.89. The summed E-state index contributed by atoms with van der Waals surface area (Å²) in [5.41, 5.74) is 1.23. The van der Waals surface area contributed by atoms with E-state index in [0.717, 1.165) is 17.3 Å². The normalized spacial score (nSPS) is 12.2. The van der Waals surface area contributed by atoms with Crippen LogP contribution in [0.1, 0.15) is 22.3 Å². The van der Waals surface area contributed by atoms with Crippen LogP contribution in [0.2, 0.25) is 0 Å². The van der Waals surface area contributed by atoms with Gasteiger partial charge in [-0.1, -0.05) is 27.6 Å². The van der Waals surface area contributed by atoms with Gasteiger partial charge in [0.15, 0.2) is 0 Å². The molecular formula is C13H18BrNO3. The molecule has 1 atom stereocenters. The van der Waals surface area contributed by atoms with E-state index >= 15 is 0 Å². The maximum Gasteiger partial charge on any atom is 0.255 e. The topological polar surface area (TPSA) is 58.6 Å². The quantitative estimate of drug-likeness (QED) is 0.791. The molecule has 18 heavy (non-hydrogen) atoms. The molecule has 1 aromatic carbocycles. The standard InChI is InChI=1S/C13H18BrNO3/c1-9-3-4-12(16)11(7-9)13(17)15-10(5-6-14)8-18-2/h3-4,7,10,16H,5-6,8H2,1-2H3,(H,15,17). The minimum atomic E-state index is -0.279. The molecule has 0 radical (unpaired) electrons. The maximum absolute atomic E-state index is 12.0. The number of methoxy groups -OCH3 is 1. The van der Waals surface area contributed by atoms with Gasteiger partial charge >= 0.3 is 0 Å². The van der Waals surface area contributed by atoms with Gasteiger partial charge in [-0.05, 0) is 25.5 Å². The van der Waals surface area contributed by atoms with Gasteiger partial charge in [0, 0.05) is 12.4 Å². The Morgan fingerprint density at radius 3 is 2.89 bits per heavy atom. The molecule has 1 aromatic rings. The SMILES string of the molecule is COCC(CCBr)NC(=O)c1cc(C)ccc1O. The minimum Gasteiger partial charge on any atom is -0.507 e. The zero-order chi connectivity index (χ0) is 13.5. The van der Waals surface area contributed by atoms with Crippen LogP contribution >= 0.6 is 15.9 Å². The highest BCUT2D eigenvalue weighted by Crippen LogP contribution is 2.18. The summed E-state index contributed by atoms with van der Waals surface area (Å²) in [4.78, 5) is 12.0. The summed E-state index contributed by atoms with van der Waals surface area (Å²) in [5.74, 6) is -0.285. The molecule has 0 aromatic heterocycles. The van der Waals surface area contributed by atoms with E-state index in [1.165, 1.54) is 6.07 Å². The summed E-state index contributed by atoms with van der Waals surface area (Å²) >= 11 is 3.34. The number of rotatable bonds is 6. The summed E-state index contributed by atoms with van der Waals surface area (Å²) < 4.78 is 5.05. The van der Waals surface area contributed by atoms with Crippen molar-refractivity contribution in [3.63, 3.8) is 0 Å². The summed E-state index contributed by atoms with van der Waals surface area (Å²) in [6.45, 7) is 2.32. The molecule has 5 heteroatoms. The van der Waals surface area contributed by atoms with E-state index in [0.29, 0.717) is 12.2 Å². The number of hydrogen-bond donors (Lipinski definition) is 2. The Morgan fingerprint density at radius 1 is 1.56 bits per heavy atom. The number of aryl methyl sites for hydroxylation is 1. The predicted molar refractivity (Wildman–Crippen MR) is 74.4 cm³/mol. The van der Waals surface area contributed by atoms with Crippen molar-refractivity contribution in [2.24, 2.45) is 0 Å². The third-order valence-electron chi connectivity index (χ3n) is 2.56. The number of aromatic hydroxyl groups is 1. The van der Waals surface area contributed by atoms with Gasteiger partial charge in [0.25, 0.3) is 5.91 Å². The van der Waals surface area contributed by atoms with E-state index in [1.54, 1.807) is 19.2 Å². The van der Waals surface area contributed by atoms with Crippen molar-refractivity contribution in [1.29, 1.82) is 0 Å². The van der Waals surface area contributed by atoms with Crippen LogP contribution < -0.4 is 5.32 Å². The molecule has 0 heterocycles. The Morgan fingerprint density at radius 2 is 2.28 bits per heavy atom. The van der Waals surface area contributed by atoms with Crippen LogP contribution in [0.15, 0.2) is 18.2 Å². The molecule has 1 rings (SSSR count). The number of ether oxygens (including phenoxy) is 1. The number of phenols is 1. The average Bonchev–Trinajstić information content (AvgIpc) is 2.33. The van der Waals surface area contributed by atoms with E-state index in [1.807, 2.05) is 6.92 Å². The third-order valence-corrected chi connectivity index (χ3v) is 3.02. The second-order valence-corrected chi connectivity index (χ2v) is 4.92. The minimum absolute atomic E-state index is 0.00638. The monoisotopic (exact) mass is 315 g/mol. The van der Waals surface area contributed by atoms with Crippen molar-refractivity contribution in [2.75, 3.05) is 19.0 Å². The highest BCUT2D eigenvalue weighted by Gasteiger charge is 2.16. The van der Waals surface area contributed by atoms with Crippen LogP contribution in [0.4, 0.5) is 0 Å². The Hall–Kier alpha value is -1.07. The molecule has 0 aliphatic heterocycles. The van der Waals surface area contributed by atoms with Gasteiger partial charge in [-0.15, -0.1) is 0 Å². The van der Waals surface area contributed by atoms with Gasteiger partial charge < -0.3 is 15.2 Å². The first kappa shape index (κ1) is 15.0. The molecule has 0 aliphatic carbocycles. The van der Waals surface area contributed by atoms with Crippen molar-refractivity contribution in [2.45, 2.75) is 19.4 Å². The third kappa shape index (κ3) is 4.31. The van der Waals surface area contributed by atoms with E-state index in [4.69, 9.17) is 4.74 Å². The summed E-state index contributed by atoms with van der Waals surface area (Å²) in [5, 5.41) is 13.3. The largest absolute Gasteiger partial charge is 0.507 e. The Kier molecular flexibility index (Phi) is 6.15. The van der Waals surface area contributed by atoms with Crippen LogP contribution in [-0.4, -0.2) is 36.1 Å². The number of alkyl halides is 1. The van der Waals surface area contributed by atoms with Gasteiger partial charge in [0.05, 0.1) is 18.2 Å². The molecule has 0 aliphatic rings. The number of halogens is 1. The Bertz CT molecular complexity index is 403. The lowest BCUT2D eigenvalue weighted by molar-refractivity contribution is 0.0892. The number of benzene rings is 1. The van der Waals surface area contributed by atoms with Crippen LogP contribution in [0.3, 0.4) is 0 Å².